The van der Waals surface area contributed by atoms with Crippen molar-refractivity contribution in [2.24, 2.45) is 0 Å². The second kappa shape index (κ2) is 3.04. The zero-order chi connectivity index (χ0) is 11.1. The lowest BCUT2D eigenvalue weighted by atomic mass is 10.4. The van der Waals surface area contributed by atoms with E-state index in [0.29, 0.717) is 6.29 Å². The van der Waals surface area contributed by atoms with E-state index in [4.69, 9.17) is 0 Å². The number of aldehydes is 1. The maximum atomic E-state index is 12.2. The van der Waals surface area contributed by atoms with E-state index < -0.39 is 11.9 Å². The predicted molar refractivity (Wildman–Crippen MR) is 43.4 cm³/mol. The molecule has 2 aromatic heterocycles. The molecule has 4 nitrogen and oxygen atoms in total. The summed E-state index contributed by atoms with van der Waals surface area (Å²) in [4.78, 5) is 14.0. The van der Waals surface area contributed by atoms with E-state index in [1.807, 2.05) is 0 Å². The highest BCUT2D eigenvalue weighted by molar-refractivity contribution is 5.73. The molecule has 7 heteroatoms. The lowest BCUT2D eigenvalue weighted by Gasteiger charge is -1.98. The molecule has 0 aromatic carbocycles. The molecule has 0 amide bonds. The Morgan fingerprint density at radius 2 is 2.13 bits per heavy atom. The zero-order valence-corrected chi connectivity index (χ0v) is 7.19. The molecule has 0 unspecified atom stereocenters. The zero-order valence-electron chi connectivity index (χ0n) is 7.19. The molecule has 0 atom stereocenters. The van der Waals surface area contributed by atoms with Crippen LogP contribution in [0.2, 0.25) is 0 Å². The number of carbonyl (C=O) groups is 1. The number of carbonyl (C=O) groups excluding carboxylic acids is 1. The van der Waals surface area contributed by atoms with Gasteiger partial charge in [0.05, 0.1) is 5.56 Å². The second-order valence-corrected chi connectivity index (χ2v) is 2.84. The monoisotopic (exact) mass is 215 g/mol. The summed E-state index contributed by atoms with van der Waals surface area (Å²) in [6.07, 6.45) is -1.65. The van der Waals surface area contributed by atoms with Crippen LogP contribution in [0.1, 0.15) is 16.1 Å². The van der Waals surface area contributed by atoms with Crippen molar-refractivity contribution >= 4 is 11.9 Å². The number of nitrogens with zero attached hydrogens (tertiary/aromatic N) is 3. The van der Waals surface area contributed by atoms with E-state index in [2.05, 4.69) is 10.1 Å². The summed E-state index contributed by atoms with van der Waals surface area (Å²) in [5.74, 6) is 0. The van der Waals surface area contributed by atoms with Crippen molar-refractivity contribution in [1.82, 2.24) is 14.6 Å². The summed E-state index contributed by atoms with van der Waals surface area (Å²) in [7, 11) is 0. The Hall–Kier alpha value is -1.92. The molecule has 0 fully saturated rings. The van der Waals surface area contributed by atoms with Crippen LogP contribution in [0.25, 0.3) is 5.65 Å². The Morgan fingerprint density at radius 3 is 2.73 bits per heavy atom. The Morgan fingerprint density at radius 1 is 1.40 bits per heavy atom. The van der Waals surface area contributed by atoms with Gasteiger partial charge in [-0.3, -0.25) is 4.79 Å². The smallest absolute Gasteiger partial charge is 0.298 e. The molecule has 2 aromatic rings. The average Bonchev–Trinajstić information content (AvgIpc) is 2.59. The number of hydrogen-bond acceptors (Lipinski definition) is 3. The minimum atomic E-state index is -4.50. The molecule has 0 bridgehead atoms. The van der Waals surface area contributed by atoms with E-state index in [9.17, 15) is 18.0 Å². The third-order valence-corrected chi connectivity index (χ3v) is 1.76. The first kappa shape index (κ1) is 9.63. The van der Waals surface area contributed by atoms with Gasteiger partial charge in [0.15, 0.2) is 17.6 Å². The minimum absolute atomic E-state index is 0.0490. The normalized spacial score (nSPS) is 11.9. The third-order valence-electron chi connectivity index (χ3n) is 1.76. The summed E-state index contributed by atoms with van der Waals surface area (Å²) in [6, 6.07) is 0.814. The average molecular weight is 215 g/mol. The van der Waals surface area contributed by atoms with Crippen molar-refractivity contribution in [2.45, 2.75) is 6.18 Å². The Kier molecular flexibility index (Phi) is 1.95. The molecule has 2 rings (SSSR count). The van der Waals surface area contributed by atoms with Gasteiger partial charge in [-0.2, -0.15) is 18.3 Å². The maximum absolute atomic E-state index is 12.2. The van der Waals surface area contributed by atoms with Gasteiger partial charge in [-0.05, 0) is 0 Å². The molecule has 78 valence electrons. The molecule has 0 spiro atoms. The Bertz CT molecular complexity index is 517. The van der Waals surface area contributed by atoms with Gasteiger partial charge in [-0.1, -0.05) is 0 Å². The molecule has 0 aliphatic rings. The number of aromatic nitrogens is 3. The standard InChI is InChI=1S/C8H4F3N3O/c9-8(10,11)6-1-7-12-2-5(4-15)3-14(7)13-6/h1-4H. The number of hydrogen-bond donors (Lipinski definition) is 0. The van der Waals surface area contributed by atoms with Crippen LogP contribution in [-0.2, 0) is 6.18 Å². The topological polar surface area (TPSA) is 47.3 Å². The van der Waals surface area contributed by atoms with E-state index in [-0.39, 0.29) is 11.2 Å². The fourth-order valence-corrected chi connectivity index (χ4v) is 1.09. The van der Waals surface area contributed by atoms with Crippen LogP contribution in [0.15, 0.2) is 18.5 Å². The highest BCUT2D eigenvalue weighted by Gasteiger charge is 2.34. The lowest BCUT2D eigenvalue weighted by Crippen LogP contribution is -2.05. The van der Waals surface area contributed by atoms with Crippen LogP contribution in [0.3, 0.4) is 0 Å². The molecule has 15 heavy (non-hydrogen) atoms. The molecule has 0 radical (unpaired) electrons. The van der Waals surface area contributed by atoms with E-state index in [1.54, 1.807) is 0 Å². The number of rotatable bonds is 1. The van der Waals surface area contributed by atoms with Crippen LogP contribution in [-0.4, -0.2) is 20.9 Å². The maximum Gasteiger partial charge on any atom is 0.435 e. The molecule has 0 N–H and O–H groups in total. The molecule has 0 saturated heterocycles. The predicted octanol–water partition coefficient (Wildman–Crippen LogP) is 1.56. The van der Waals surface area contributed by atoms with Crippen LogP contribution in [0.4, 0.5) is 13.2 Å². The van der Waals surface area contributed by atoms with Crippen LogP contribution in [0, 0.1) is 0 Å². The highest BCUT2D eigenvalue weighted by Crippen LogP contribution is 2.28. The van der Waals surface area contributed by atoms with Crippen molar-refractivity contribution < 1.29 is 18.0 Å². The Labute approximate surface area is 81.3 Å². The van der Waals surface area contributed by atoms with Gasteiger partial charge in [0.25, 0.3) is 0 Å². The summed E-state index contributed by atoms with van der Waals surface area (Å²) < 4.78 is 37.6. The molecule has 2 heterocycles. The quantitative estimate of drug-likeness (QED) is 0.678. The number of fused-ring (bicyclic) bond motifs is 1. The van der Waals surface area contributed by atoms with Crippen LogP contribution in [0.5, 0.6) is 0 Å². The van der Waals surface area contributed by atoms with Gasteiger partial charge in [0.1, 0.15) is 0 Å². The molecule has 0 aliphatic carbocycles. The van der Waals surface area contributed by atoms with E-state index >= 15 is 0 Å². The number of alkyl halides is 3. The van der Waals surface area contributed by atoms with Gasteiger partial charge >= 0.3 is 6.18 Å². The first-order valence-corrected chi connectivity index (χ1v) is 3.88. The van der Waals surface area contributed by atoms with Crippen molar-refractivity contribution in [3.63, 3.8) is 0 Å². The molecular weight excluding hydrogens is 211 g/mol. The summed E-state index contributed by atoms with van der Waals surface area (Å²) in [5, 5.41) is 3.26. The van der Waals surface area contributed by atoms with E-state index in [1.165, 1.54) is 12.4 Å². The molecule has 0 saturated carbocycles. The van der Waals surface area contributed by atoms with Crippen molar-refractivity contribution in [1.29, 1.82) is 0 Å². The second-order valence-electron chi connectivity index (χ2n) is 2.84. The van der Waals surface area contributed by atoms with Gasteiger partial charge in [-0.15, -0.1) is 0 Å². The van der Waals surface area contributed by atoms with Crippen LogP contribution < -0.4 is 0 Å². The van der Waals surface area contributed by atoms with E-state index in [0.717, 1.165) is 10.6 Å². The van der Waals surface area contributed by atoms with Gasteiger partial charge in [0.2, 0.25) is 0 Å². The van der Waals surface area contributed by atoms with Gasteiger partial charge < -0.3 is 0 Å². The summed E-state index contributed by atoms with van der Waals surface area (Å²) in [6.45, 7) is 0. The van der Waals surface area contributed by atoms with Gasteiger partial charge in [-0.25, -0.2) is 9.50 Å². The first-order chi connectivity index (χ1) is 7.00. The largest absolute Gasteiger partial charge is 0.435 e. The first-order valence-electron chi connectivity index (χ1n) is 3.88. The van der Waals surface area contributed by atoms with Crippen molar-refractivity contribution in [3.8, 4) is 0 Å². The fraction of sp³-hybridized carbons (Fsp3) is 0.125. The van der Waals surface area contributed by atoms with Crippen LogP contribution >= 0.6 is 0 Å². The van der Waals surface area contributed by atoms with Crippen molar-refractivity contribution in [3.05, 3.63) is 29.7 Å². The number of halogens is 3. The molecule has 0 aliphatic heterocycles. The highest BCUT2D eigenvalue weighted by atomic mass is 19.4. The fourth-order valence-electron chi connectivity index (χ4n) is 1.09. The van der Waals surface area contributed by atoms with Crippen molar-refractivity contribution in [2.75, 3.05) is 0 Å². The van der Waals surface area contributed by atoms with Gasteiger partial charge in [0, 0.05) is 18.5 Å². The Balaban J connectivity index is 2.61. The summed E-state index contributed by atoms with van der Waals surface area (Å²) in [5.41, 5.74) is -0.815. The summed E-state index contributed by atoms with van der Waals surface area (Å²) >= 11 is 0. The lowest BCUT2D eigenvalue weighted by molar-refractivity contribution is -0.141. The molecular formula is C8H4F3N3O. The SMILES string of the molecule is O=Cc1cnc2cc(C(F)(F)F)nn2c1. The minimum Gasteiger partial charge on any atom is -0.298 e. The third kappa shape index (κ3) is 1.67.